The molecule has 0 aliphatic heterocycles. The van der Waals surface area contributed by atoms with Crippen molar-refractivity contribution in [3.05, 3.63) is 52.3 Å². The fraction of sp³-hybridized carbons (Fsp3) is 0.0909. The summed E-state index contributed by atoms with van der Waals surface area (Å²) in [5, 5.41) is 0.993. The van der Waals surface area contributed by atoms with Crippen LogP contribution in [0.4, 0.5) is 0 Å². The van der Waals surface area contributed by atoms with Crippen molar-refractivity contribution >= 4 is 10.9 Å². The van der Waals surface area contributed by atoms with Gasteiger partial charge in [0.2, 0.25) is 0 Å². The zero-order valence-corrected chi connectivity index (χ0v) is 7.32. The summed E-state index contributed by atoms with van der Waals surface area (Å²) >= 11 is 0. The summed E-state index contributed by atoms with van der Waals surface area (Å²) in [6, 6.07) is 9.01. The minimum atomic E-state index is 0.0537. The molecule has 0 aliphatic carbocycles. The Bertz CT molecular complexity index is 505. The van der Waals surface area contributed by atoms with Crippen LogP contribution in [0.5, 0.6) is 0 Å². The Morgan fingerprint density at radius 1 is 1.23 bits per heavy atom. The number of nitrogens with zero attached hydrogens (tertiary/aromatic N) is 1. The van der Waals surface area contributed by atoms with Gasteiger partial charge in [0.15, 0.2) is 5.43 Å². The second-order valence-electron chi connectivity index (χ2n) is 3.00. The molecule has 0 saturated heterocycles. The Morgan fingerprint density at radius 3 is 2.92 bits per heavy atom. The Morgan fingerprint density at radius 2 is 2.08 bits per heavy atom. The molecular formula is C11H9NO. The summed E-state index contributed by atoms with van der Waals surface area (Å²) in [5.41, 5.74) is 1.65. The van der Waals surface area contributed by atoms with Crippen LogP contribution in [0, 0.1) is 6.92 Å². The zero-order chi connectivity index (χ0) is 9.26. The third-order valence-corrected chi connectivity index (χ3v) is 2.03. The van der Waals surface area contributed by atoms with E-state index in [0.29, 0.717) is 0 Å². The monoisotopic (exact) mass is 171 g/mol. The lowest BCUT2D eigenvalue weighted by molar-refractivity contribution is 1.39. The van der Waals surface area contributed by atoms with Crippen LogP contribution in [0.1, 0.15) is 5.56 Å². The predicted molar refractivity (Wildman–Crippen MR) is 52.8 cm³/mol. The molecule has 1 heterocycles. The number of rotatable bonds is 0. The van der Waals surface area contributed by atoms with Gasteiger partial charge < -0.3 is 0 Å². The summed E-state index contributed by atoms with van der Waals surface area (Å²) in [4.78, 5) is 15.5. The molecule has 1 aromatic carbocycles. The van der Waals surface area contributed by atoms with E-state index >= 15 is 0 Å². The molecule has 0 unspecified atom stereocenters. The molecule has 0 N–H and O–H groups in total. The number of fused-ring (bicyclic) bond motifs is 1. The van der Waals surface area contributed by atoms with Crippen molar-refractivity contribution in [2.24, 2.45) is 0 Å². The van der Waals surface area contributed by atoms with Crippen LogP contribution in [-0.4, -0.2) is 4.98 Å². The van der Waals surface area contributed by atoms with Gasteiger partial charge in [-0.25, -0.2) is 0 Å². The van der Waals surface area contributed by atoms with Crippen molar-refractivity contribution in [3.8, 4) is 0 Å². The molecule has 0 fully saturated rings. The van der Waals surface area contributed by atoms with E-state index in [1.54, 1.807) is 25.3 Å². The molecule has 0 radical (unpaired) electrons. The molecule has 0 atom stereocenters. The minimum absolute atomic E-state index is 0.0537. The second-order valence-corrected chi connectivity index (χ2v) is 3.00. The summed E-state index contributed by atoms with van der Waals surface area (Å²) in [7, 11) is 0. The number of hydrogen-bond acceptors (Lipinski definition) is 2. The number of aromatic nitrogens is 1. The molecule has 2 aromatic rings. The van der Waals surface area contributed by atoms with E-state index in [1.165, 1.54) is 0 Å². The number of hydrogen-bond donors (Lipinski definition) is 0. The van der Waals surface area contributed by atoms with Gasteiger partial charge in [0.25, 0.3) is 0 Å². The smallest absolute Gasteiger partial charge is 0.181 e. The third-order valence-electron chi connectivity index (χ3n) is 2.03. The zero-order valence-electron chi connectivity index (χ0n) is 7.32. The maximum absolute atomic E-state index is 11.3. The van der Waals surface area contributed by atoms with E-state index in [0.717, 1.165) is 16.5 Å². The largest absolute Gasteiger partial charge is 0.290 e. The fourth-order valence-electron chi connectivity index (χ4n) is 1.26. The lowest BCUT2D eigenvalue weighted by Crippen LogP contribution is -1.96. The standard InChI is InChI=1S/C11H9NO/c1-8-7-10-9(3-2-6-12-10)4-5-11(8)13/h2-7H,1H3. The Labute approximate surface area is 75.9 Å². The van der Waals surface area contributed by atoms with E-state index in [4.69, 9.17) is 0 Å². The van der Waals surface area contributed by atoms with Crippen molar-refractivity contribution in [3.63, 3.8) is 0 Å². The van der Waals surface area contributed by atoms with Gasteiger partial charge in [-0.3, -0.25) is 9.78 Å². The van der Waals surface area contributed by atoms with Crippen LogP contribution in [0.25, 0.3) is 10.9 Å². The van der Waals surface area contributed by atoms with Gasteiger partial charge in [0, 0.05) is 11.6 Å². The van der Waals surface area contributed by atoms with Gasteiger partial charge in [-0.05, 0) is 36.8 Å². The Kier molecular flexibility index (Phi) is 1.81. The highest BCUT2D eigenvalue weighted by molar-refractivity contribution is 5.77. The average Bonchev–Trinajstić information content (AvgIpc) is 2.28. The molecule has 0 aliphatic rings. The molecule has 1 aromatic heterocycles. The van der Waals surface area contributed by atoms with Gasteiger partial charge in [-0.15, -0.1) is 0 Å². The summed E-state index contributed by atoms with van der Waals surface area (Å²) in [5.74, 6) is 0. The SMILES string of the molecule is Cc1cc2ncccc2ccc1=O. The second kappa shape index (κ2) is 2.98. The van der Waals surface area contributed by atoms with Crippen LogP contribution < -0.4 is 5.43 Å². The van der Waals surface area contributed by atoms with Gasteiger partial charge in [0.1, 0.15) is 0 Å². The van der Waals surface area contributed by atoms with Gasteiger partial charge in [-0.1, -0.05) is 6.07 Å². The first-order chi connectivity index (χ1) is 6.27. The van der Waals surface area contributed by atoms with Crippen LogP contribution >= 0.6 is 0 Å². The summed E-state index contributed by atoms with van der Waals surface area (Å²) < 4.78 is 0. The van der Waals surface area contributed by atoms with E-state index in [2.05, 4.69) is 4.98 Å². The highest BCUT2D eigenvalue weighted by Crippen LogP contribution is 2.07. The number of pyridine rings is 1. The maximum Gasteiger partial charge on any atom is 0.181 e. The lowest BCUT2D eigenvalue weighted by atomic mass is 10.2. The minimum Gasteiger partial charge on any atom is -0.290 e. The van der Waals surface area contributed by atoms with Crippen LogP contribution in [0.3, 0.4) is 0 Å². The molecule has 0 amide bonds. The highest BCUT2D eigenvalue weighted by Gasteiger charge is 1.93. The van der Waals surface area contributed by atoms with Crippen molar-refractivity contribution in [2.45, 2.75) is 6.92 Å². The molecule has 0 bridgehead atoms. The van der Waals surface area contributed by atoms with Crippen LogP contribution in [0.15, 0.2) is 41.3 Å². The normalized spacial score (nSPS) is 10.2. The molecular weight excluding hydrogens is 162 g/mol. The van der Waals surface area contributed by atoms with E-state index < -0.39 is 0 Å². The van der Waals surface area contributed by atoms with Crippen molar-refractivity contribution < 1.29 is 0 Å². The Balaban J connectivity index is 2.97. The van der Waals surface area contributed by atoms with Crippen LogP contribution in [-0.2, 0) is 0 Å². The molecule has 2 nitrogen and oxygen atoms in total. The quantitative estimate of drug-likeness (QED) is 0.606. The predicted octanol–water partition coefficient (Wildman–Crippen LogP) is 1.90. The van der Waals surface area contributed by atoms with E-state index in [1.807, 2.05) is 18.2 Å². The van der Waals surface area contributed by atoms with Gasteiger partial charge >= 0.3 is 0 Å². The molecule has 64 valence electrons. The fourth-order valence-corrected chi connectivity index (χ4v) is 1.26. The molecule has 13 heavy (non-hydrogen) atoms. The maximum atomic E-state index is 11.3. The summed E-state index contributed by atoms with van der Waals surface area (Å²) in [6.45, 7) is 1.80. The van der Waals surface area contributed by atoms with Crippen LogP contribution in [0.2, 0.25) is 0 Å². The van der Waals surface area contributed by atoms with E-state index in [9.17, 15) is 4.79 Å². The first-order valence-electron chi connectivity index (χ1n) is 4.13. The summed E-state index contributed by atoms with van der Waals surface area (Å²) in [6.07, 6.45) is 1.73. The van der Waals surface area contributed by atoms with Gasteiger partial charge in [-0.2, -0.15) is 0 Å². The molecule has 0 saturated carbocycles. The first-order valence-corrected chi connectivity index (χ1v) is 4.13. The third kappa shape index (κ3) is 1.43. The molecule has 2 rings (SSSR count). The first kappa shape index (κ1) is 7.92. The van der Waals surface area contributed by atoms with E-state index in [-0.39, 0.29) is 5.43 Å². The van der Waals surface area contributed by atoms with Crippen molar-refractivity contribution in [1.82, 2.24) is 4.98 Å². The Hall–Kier alpha value is -1.70. The van der Waals surface area contributed by atoms with Crippen molar-refractivity contribution in [2.75, 3.05) is 0 Å². The topological polar surface area (TPSA) is 30.0 Å². The highest BCUT2D eigenvalue weighted by atomic mass is 16.1. The average molecular weight is 171 g/mol. The van der Waals surface area contributed by atoms with Crippen molar-refractivity contribution in [1.29, 1.82) is 0 Å². The van der Waals surface area contributed by atoms with Gasteiger partial charge in [0.05, 0.1) is 5.52 Å². The molecule has 0 spiro atoms. The molecule has 2 heteroatoms. The lowest BCUT2D eigenvalue weighted by Gasteiger charge is -1.88. The number of aryl methyl sites for hydroxylation is 1.